The van der Waals surface area contributed by atoms with Gasteiger partial charge >= 0.3 is 0 Å². The first kappa shape index (κ1) is 14.7. The Balaban J connectivity index is 2.20. The third kappa shape index (κ3) is 3.46. The summed E-state index contributed by atoms with van der Waals surface area (Å²) in [5, 5.41) is 11.8. The number of benzene rings is 1. The van der Waals surface area contributed by atoms with E-state index in [1.165, 1.54) is 12.1 Å². The molecule has 20 heavy (non-hydrogen) atoms. The number of nitrogens with two attached hydrogens (primary N) is 1. The van der Waals surface area contributed by atoms with E-state index >= 15 is 0 Å². The first-order valence-corrected chi connectivity index (χ1v) is 6.63. The summed E-state index contributed by atoms with van der Waals surface area (Å²) in [5.74, 6) is -0.479. The second-order valence-electron chi connectivity index (χ2n) is 5.24. The van der Waals surface area contributed by atoms with Crippen LogP contribution in [0.1, 0.15) is 25.0 Å². The summed E-state index contributed by atoms with van der Waals surface area (Å²) in [6.07, 6.45) is 0.318. The average Bonchev–Trinajstić information content (AvgIpc) is 2.38. The Labute approximate surface area is 117 Å². The fourth-order valence-electron chi connectivity index (χ4n) is 2.63. The molecule has 0 unspecified atom stereocenters. The van der Waals surface area contributed by atoms with Gasteiger partial charge in [-0.15, -0.1) is 0 Å². The molecule has 1 aromatic carbocycles. The Bertz CT molecular complexity index is 497. The zero-order valence-corrected chi connectivity index (χ0v) is 11.7. The van der Waals surface area contributed by atoms with Crippen molar-refractivity contribution in [3.63, 3.8) is 0 Å². The van der Waals surface area contributed by atoms with Gasteiger partial charge in [0.05, 0.1) is 12.2 Å². The Kier molecular flexibility index (Phi) is 4.57. The van der Waals surface area contributed by atoms with E-state index in [9.17, 15) is 4.39 Å². The van der Waals surface area contributed by atoms with Gasteiger partial charge in [-0.3, -0.25) is 4.90 Å². The maximum absolute atomic E-state index is 13.3. The van der Waals surface area contributed by atoms with Crippen LogP contribution in [0.2, 0.25) is 0 Å². The van der Waals surface area contributed by atoms with Crippen molar-refractivity contribution in [1.29, 1.82) is 0 Å². The number of hydrogen-bond acceptors (Lipinski definition) is 4. The van der Waals surface area contributed by atoms with Crippen molar-refractivity contribution >= 4 is 5.84 Å². The van der Waals surface area contributed by atoms with Crippen LogP contribution in [0.15, 0.2) is 23.4 Å². The zero-order chi connectivity index (χ0) is 14.7. The molecule has 0 spiro atoms. The van der Waals surface area contributed by atoms with Crippen LogP contribution in [0.3, 0.4) is 0 Å². The predicted octanol–water partition coefficient (Wildman–Crippen LogP) is 1.53. The van der Waals surface area contributed by atoms with Crippen molar-refractivity contribution in [2.24, 2.45) is 10.9 Å². The molecule has 2 atom stereocenters. The second kappa shape index (κ2) is 6.19. The van der Waals surface area contributed by atoms with Crippen LogP contribution >= 0.6 is 0 Å². The molecule has 6 heteroatoms. The normalized spacial score (nSPS) is 24.9. The van der Waals surface area contributed by atoms with E-state index < -0.39 is 5.82 Å². The number of ether oxygens (including phenoxy) is 1. The number of morpholine rings is 1. The van der Waals surface area contributed by atoms with E-state index in [2.05, 4.69) is 10.1 Å². The molecule has 0 aliphatic carbocycles. The topological polar surface area (TPSA) is 71.1 Å². The third-order valence-electron chi connectivity index (χ3n) is 3.34. The van der Waals surface area contributed by atoms with Crippen molar-refractivity contribution in [2.45, 2.75) is 32.6 Å². The summed E-state index contributed by atoms with van der Waals surface area (Å²) in [4.78, 5) is 2.22. The summed E-state index contributed by atoms with van der Waals surface area (Å²) in [5.41, 5.74) is 6.88. The molecule has 0 bridgehead atoms. The predicted molar refractivity (Wildman–Crippen MR) is 74.2 cm³/mol. The van der Waals surface area contributed by atoms with Gasteiger partial charge in [0.1, 0.15) is 5.82 Å². The van der Waals surface area contributed by atoms with Crippen LogP contribution in [0.5, 0.6) is 0 Å². The number of halogens is 1. The second-order valence-corrected chi connectivity index (χ2v) is 5.24. The number of amidine groups is 1. The lowest BCUT2D eigenvalue weighted by molar-refractivity contribution is -0.0705. The monoisotopic (exact) mass is 281 g/mol. The molecule has 1 fully saturated rings. The molecule has 0 saturated carbocycles. The minimum absolute atomic E-state index is 0.0751. The first-order chi connectivity index (χ1) is 9.49. The van der Waals surface area contributed by atoms with Gasteiger partial charge in [-0.05, 0) is 31.5 Å². The van der Waals surface area contributed by atoms with Gasteiger partial charge in [-0.1, -0.05) is 11.2 Å². The van der Waals surface area contributed by atoms with E-state index in [1.54, 1.807) is 6.07 Å². The standard InChI is InChI=1S/C14H20FN3O2/c1-9-6-18(7-10(2)20-9)8-11-3-4-12(15)5-13(11)14(16)17-19/h3-5,9-10,19H,6-8H2,1-2H3,(H2,16,17)/t9-,10+. The molecule has 1 heterocycles. The van der Waals surface area contributed by atoms with Crippen LogP contribution in [0, 0.1) is 5.82 Å². The highest BCUT2D eigenvalue weighted by molar-refractivity contribution is 5.98. The van der Waals surface area contributed by atoms with E-state index in [0.29, 0.717) is 12.1 Å². The lowest BCUT2D eigenvalue weighted by Crippen LogP contribution is -2.45. The highest BCUT2D eigenvalue weighted by Crippen LogP contribution is 2.18. The fraction of sp³-hybridized carbons (Fsp3) is 0.500. The molecule has 3 N–H and O–H groups in total. The van der Waals surface area contributed by atoms with Crippen molar-refractivity contribution in [2.75, 3.05) is 13.1 Å². The van der Waals surface area contributed by atoms with Crippen LogP contribution < -0.4 is 5.73 Å². The average molecular weight is 281 g/mol. The smallest absolute Gasteiger partial charge is 0.170 e. The van der Waals surface area contributed by atoms with Crippen molar-refractivity contribution in [3.8, 4) is 0 Å². The minimum atomic E-state index is -0.404. The minimum Gasteiger partial charge on any atom is -0.409 e. The molecule has 0 amide bonds. The van der Waals surface area contributed by atoms with Crippen LogP contribution in [-0.2, 0) is 11.3 Å². The SMILES string of the molecule is C[C@@H]1CN(Cc2ccc(F)cc2/C(N)=N/O)C[C@H](C)O1. The number of oxime groups is 1. The summed E-state index contributed by atoms with van der Waals surface area (Å²) in [7, 11) is 0. The zero-order valence-electron chi connectivity index (χ0n) is 11.7. The summed E-state index contributed by atoms with van der Waals surface area (Å²) in [6.45, 7) is 6.27. The van der Waals surface area contributed by atoms with E-state index in [0.717, 1.165) is 18.7 Å². The van der Waals surface area contributed by atoms with Crippen LogP contribution in [-0.4, -0.2) is 41.2 Å². The molecule has 110 valence electrons. The summed E-state index contributed by atoms with van der Waals surface area (Å²) in [6, 6.07) is 4.35. The molecular formula is C14H20FN3O2. The molecule has 1 saturated heterocycles. The first-order valence-electron chi connectivity index (χ1n) is 6.63. The van der Waals surface area contributed by atoms with Crippen molar-refractivity contribution in [1.82, 2.24) is 4.90 Å². The van der Waals surface area contributed by atoms with Gasteiger partial charge in [-0.25, -0.2) is 4.39 Å². The van der Waals surface area contributed by atoms with Gasteiger partial charge < -0.3 is 15.7 Å². The van der Waals surface area contributed by atoms with Crippen LogP contribution in [0.25, 0.3) is 0 Å². The number of nitrogens with zero attached hydrogens (tertiary/aromatic N) is 2. The fourth-order valence-corrected chi connectivity index (χ4v) is 2.63. The molecule has 2 rings (SSSR count). The lowest BCUT2D eigenvalue weighted by Gasteiger charge is -2.35. The Morgan fingerprint density at radius 3 is 2.70 bits per heavy atom. The Morgan fingerprint density at radius 1 is 1.45 bits per heavy atom. The van der Waals surface area contributed by atoms with Gasteiger partial charge in [0.25, 0.3) is 0 Å². The Hall–Kier alpha value is -1.66. The van der Waals surface area contributed by atoms with Gasteiger partial charge in [0.2, 0.25) is 0 Å². The van der Waals surface area contributed by atoms with Crippen LogP contribution in [0.4, 0.5) is 4.39 Å². The van der Waals surface area contributed by atoms with Gasteiger partial charge in [0.15, 0.2) is 5.84 Å². The highest BCUT2D eigenvalue weighted by atomic mass is 19.1. The largest absolute Gasteiger partial charge is 0.409 e. The lowest BCUT2D eigenvalue weighted by atomic mass is 10.0. The third-order valence-corrected chi connectivity index (χ3v) is 3.34. The quantitative estimate of drug-likeness (QED) is 0.381. The number of hydrogen-bond donors (Lipinski definition) is 2. The maximum Gasteiger partial charge on any atom is 0.170 e. The highest BCUT2D eigenvalue weighted by Gasteiger charge is 2.23. The van der Waals surface area contributed by atoms with E-state index in [1.807, 2.05) is 13.8 Å². The summed E-state index contributed by atoms with van der Waals surface area (Å²) < 4.78 is 19.0. The Morgan fingerprint density at radius 2 is 2.10 bits per heavy atom. The number of rotatable bonds is 3. The van der Waals surface area contributed by atoms with E-state index in [4.69, 9.17) is 15.7 Å². The molecule has 1 aliphatic rings. The molecule has 0 radical (unpaired) electrons. The molecule has 1 aliphatic heterocycles. The van der Waals surface area contributed by atoms with E-state index in [-0.39, 0.29) is 18.0 Å². The van der Waals surface area contributed by atoms with Gasteiger partial charge in [0, 0.05) is 25.2 Å². The van der Waals surface area contributed by atoms with Gasteiger partial charge in [-0.2, -0.15) is 0 Å². The van der Waals surface area contributed by atoms with Crippen molar-refractivity contribution < 1.29 is 14.3 Å². The molecule has 5 nitrogen and oxygen atoms in total. The van der Waals surface area contributed by atoms with Crippen molar-refractivity contribution in [3.05, 3.63) is 35.1 Å². The summed E-state index contributed by atoms with van der Waals surface area (Å²) >= 11 is 0. The molecular weight excluding hydrogens is 261 g/mol. The molecule has 0 aromatic heterocycles. The maximum atomic E-state index is 13.3. The molecule has 1 aromatic rings.